The zero-order valence-electron chi connectivity index (χ0n) is 15.4. The van der Waals surface area contributed by atoms with E-state index in [4.69, 9.17) is 9.37 Å². The molecule has 2 aromatic rings. The molecule has 2 heterocycles. The van der Waals surface area contributed by atoms with E-state index in [-0.39, 0.29) is 23.7 Å². The van der Waals surface area contributed by atoms with Crippen LogP contribution in [0.25, 0.3) is 11.0 Å². The monoisotopic (exact) mass is 372 g/mol. The summed E-state index contributed by atoms with van der Waals surface area (Å²) in [7, 11) is 1.54. The summed E-state index contributed by atoms with van der Waals surface area (Å²) in [6.07, 6.45) is 5.57. The van der Waals surface area contributed by atoms with Gasteiger partial charge in [-0.25, -0.2) is 4.63 Å². The standard InChI is InChI=1S/C19H24N4O4/c1-26-15-9-8-14(16-17(15)22-27-21-16)20-18(24)12-6-2-3-7-13(12)19(25)23-10-4-5-11-23/h8-9,12-13H,2-7,10-11H2,1H3,(H,20,24)/t12-,13+/m0/s1. The predicted octanol–water partition coefficient (Wildman–Crippen LogP) is 2.60. The topological polar surface area (TPSA) is 97.6 Å². The van der Waals surface area contributed by atoms with Crippen LogP contribution in [0.3, 0.4) is 0 Å². The van der Waals surface area contributed by atoms with Crippen LogP contribution >= 0.6 is 0 Å². The Bertz CT molecular complexity index is 843. The number of hydrogen-bond acceptors (Lipinski definition) is 6. The average Bonchev–Trinajstić information content (AvgIpc) is 3.40. The first-order chi connectivity index (χ1) is 13.2. The van der Waals surface area contributed by atoms with Crippen LogP contribution in [-0.2, 0) is 9.59 Å². The summed E-state index contributed by atoms with van der Waals surface area (Å²) in [6, 6.07) is 3.44. The first-order valence-electron chi connectivity index (χ1n) is 9.58. The molecule has 1 saturated heterocycles. The molecule has 1 aliphatic heterocycles. The Morgan fingerprint density at radius 2 is 1.78 bits per heavy atom. The Labute approximate surface area is 157 Å². The van der Waals surface area contributed by atoms with Gasteiger partial charge >= 0.3 is 0 Å². The molecule has 2 amide bonds. The lowest BCUT2D eigenvalue weighted by atomic mass is 9.77. The van der Waals surface area contributed by atoms with Gasteiger partial charge in [-0.15, -0.1) is 0 Å². The number of amides is 2. The number of carbonyl (C=O) groups excluding carboxylic acids is 2. The van der Waals surface area contributed by atoms with E-state index in [1.165, 1.54) is 7.11 Å². The Morgan fingerprint density at radius 1 is 1.07 bits per heavy atom. The molecule has 2 aliphatic rings. The highest BCUT2D eigenvalue weighted by molar-refractivity contribution is 6.02. The third kappa shape index (κ3) is 3.36. The summed E-state index contributed by atoms with van der Waals surface area (Å²) >= 11 is 0. The van der Waals surface area contributed by atoms with Crippen LogP contribution in [0.2, 0.25) is 0 Å². The normalized spacial score (nSPS) is 22.8. The molecule has 0 spiro atoms. The largest absolute Gasteiger partial charge is 0.494 e. The summed E-state index contributed by atoms with van der Waals surface area (Å²) in [5.41, 5.74) is 1.43. The van der Waals surface area contributed by atoms with Gasteiger partial charge in [0.1, 0.15) is 0 Å². The number of nitrogens with one attached hydrogen (secondary N) is 1. The van der Waals surface area contributed by atoms with E-state index in [1.807, 2.05) is 4.90 Å². The molecule has 8 nitrogen and oxygen atoms in total. The fraction of sp³-hybridized carbons (Fsp3) is 0.579. The molecule has 4 rings (SSSR count). The smallest absolute Gasteiger partial charge is 0.228 e. The van der Waals surface area contributed by atoms with Crippen molar-refractivity contribution in [3.63, 3.8) is 0 Å². The second-order valence-corrected chi connectivity index (χ2v) is 7.30. The molecule has 144 valence electrons. The highest BCUT2D eigenvalue weighted by atomic mass is 16.6. The molecule has 1 aromatic carbocycles. The van der Waals surface area contributed by atoms with Gasteiger partial charge in [-0.2, -0.15) is 0 Å². The number of carbonyl (C=O) groups is 2. The van der Waals surface area contributed by atoms with Crippen molar-refractivity contribution < 1.29 is 19.0 Å². The number of rotatable bonds is 4. The molecular weight excluding hydrogens is 348 g/mol. The second kappa shape index (κ2) is 7.54. The van der Waals surface area contributed by atoms with Crippen molar-refractivity contribution in [2.45, 2.75) is 38.5 Å². The van der Waals surface area contributed by atoms with E-state index in [0.29, 0.717) is 22.5 Å². The maximum atomic E-state index is 13.0. The minimum atomic E-state index is -0.316. The fourth-order valence-electron chi connectivity index (χ4n) is 4.25. The van der Waals surface area contributed by atoms with Crippen LogP contribution in [0, 0.1) is 11.8 Å². The Morgan fingerprint density at radius 3 is 2.52 bits per heavy atom. The summed E-state index contributed by atoms with van der Waals surface area (Å²) < 4.78 is 10.1. The van der Waals surface area contributed by atoms with Crippen LogP contribution in [0.5, 0.6) is 5.75 Å². The third-order valence-corrected chi connectivity index (χ3v) is 5.69. The summed E-state index contributed by atoms with van der Waals surface area (Å²) in [4.78, 5) is 27.9. The number of ether oxygens (including phenoxy) is 1. The van der Waals surface area contributed by atoms with Gasteiger partial charge in [-0.05, 0) is 48.1 Å². The fourth-order valence-corrected chi connectivity index (χ4v) is 4.25. The van der Waals surface area contributed by atoms with E-state index in [0.717, 1.165) is 51.6 Å². The van der Waals surface area contributed by atoms with E-state index >= 15 is 0 Å². The van der Waals surface area contributed by atoms with E-state index in [9.17, 15) is 9.59 Å². The quantitative estimate of drug-likeness (QED) is 0.886. The molecular formula is C19H24N4O4. The number of fused-ring (bicyclic) bond motifs is 1. The van der Waals surface area contributed by atoms with Crippen molar-refractivity contribution in [2.75, 3.05) is 25.5 Å². The second-order valence-electron chi connectivity index (χ2n) is 7.30. The molecule has 1 aromatic heterocycles. The van der Waals surface area contributed by atoms with Gasteiger partial charge in [0.05, 0.1) is 12.8 Å². The van der Waals surface area contributed by atoms with E-state index in [2.05, 4.69) is 15.6 Å². The van der Waals surface area contributed by atoms with Crippen LogP contribution in [-0.4, -0.2) is 47.2 Å². The zero-order chi connectivity index (χ0) is 18.8. The Balaban J connectivity index is 1.54. The molecule has 1 saturated carbocycles. The van der Waals surface area contributed by atoms with Crippen molar-refractivity contribution in [1.82, 2.24) is 15.2 Å². The number of benzene rings is 1. The Hall–Kier alpha value is -2.64. The van der Waals surface area contributed by atoms with Crippen LogP contribution in [0.1, 0.15) is 38.5 Å². The van der Waals surface area contributed by atoms with Crippen LogP contribution in [0.15, 0.2) is 16.8 Å². The van der Waals surface area contributed by atoms with Gasteiger partial charge < -0.3 is 15.0 Å². The molecule has 0 unspecified atom stereocenters. The number of hydrogen-bond donors (Lipinski definition) is 1. The van der Waals surface area contributed by atoms with Crippen molar-refractivity contribution >= 4 is 28.5 Å². The predicted molar refractivity (Wildman–Crippen MR) is 98.2 cm³/mol. The molecule has 2 atom stereocenters. The lowest BCUT2D eigenvalue weighted by Crippen LogP contribution is -2.42. The molecule has 1 aliphatic carbocycles. The van der Waals surface area contributed by atoms with E-state index in [1.54, 1.807) is 12.1 Å². The lowest BCUT2D eigenvalue weighted by Gasteiger charge is -2.32. The van der Waals surface area contributed by atoms with Gasteiger partial charge in [0.2, 0.25) is 11.8 Å². The number of anilines is 1. The molecule has 27 heavy (non-hydrogen) atoms. The number of methoxy groups -OCH3 is 1. The van der Waals surface area contributed by atoms with Gasteiger partial charge in [0.15, 0.2) is 16.8 Å². The SMILES string of the molecule is COc1ccc(NC(=O)[C@H]2CCCC[C@H]2C(=O)N2CCCC2)c2nonc12. The minimum Gasteiger partial charge on any atom is -0.494 e. The number of nitrogens with zero attached hydrogens (tertiary/aromatic N) is 3. The van der Waals surface area contributed by atoms with Gasteiger partial charge in [-0.1, -0.05) is 12.8 Å². The molecule has 8 heteroatoms. The molecule has 2 fully saturated rings. The van der Waals surface area contributed by atoms with Crippen molar-refractivity contribution in [2.24, 2.45) is 11.8 Å². The number of aromatic nitrogens is 2. The van der Waals surface area contributed by atoms with Gasteiger partial charge in [-0.3, -0.25) is 9.59 Å². The zero-order valence-corrected chi connectivity index (χ0v) is 15.4. The first-order valence-corrected chi connectivity index (χ1v) is 9.58. The molecule has 1 N–H and O–H groups in total. The minimum absolute atomic E-state index is 0.135. The summed E-state index contributed by atoms with van der Waals surface area (Å²) in [5, 5.41) is 10.7. The van der Waals surface area contributed by atoms with Crippen molar-refractivity contribution in [3.8, 4) is 5.75 Å². The van der Waals surface area contributed by atoms with Crippen LogP contribution in [0.4, 0.5) is 5.69 Å². The van der Waals surface area contributed by atoms with Crippen molar-refractivity contribution in [3.05, 3.63) is 12.1 Å². The maximum Gasteiger partial charge on any atom is 0.228 e. The highest BCUT2D eigenvalue weighted by Gasteiger charge is 2.38. The Kier molecular flexibility index (Phi) is 4.96. The lowest BCUT2D eigenvalue weighted by molar-refractivity contribution is -0.141. The van der Waals surface area contributed by atoms with Gasteiger partial charge in [0, 0.05) is 24.9 Å². The van der Waals surface area contributed by atoms with E-state index < -0.39 is 0 Å². The highest BCUT2D eigenvalue weighted by Crippen LogP contribution is 2.35. The van der Waals surface area contributed by atoms with Crippen molar-refractivity contribution in [1.29, 1.82) is 0 Å². The number of likely N-dealkylation sites (tertiary alicyclic amines) is 1. The summed E-state index contributed by atoms with van der Waals surface area (Å²) in [5.74, 6) is -0.0223. The van der Waals surface area contributed by atoms with Gasteiger partial charge in [0.25, 0.3) is 0 Å². The van der Waals surface area contributed by atoms with Crippen LogP contribution < -0.4 is 10.1 Å². The maximum absolute atomic E-state index is 13.0. The average molecular weight is 372 g/mol. The molecule has 0 radical (unpaired) electrons. The molecule has 0 bridgehead atoms. The first kappa shape index (κ1) is 17.8. The third-order valence-electron chi connectivity index (χ3n) is 5.69. The summed E-state index contributed by atoms with van der Waals surface area (Å²) in [6.45, 7) is 1.63.